The minimum atomic E-state index is -0.179. The number of rotatable bonds is 14. The molecule has 1 N–H and O–H groups in total. The van der Waals surface area contributed by atoms with E-state index in [-0.39, 0.29) is 5.97 Å². The number of carbonyl (C=O) groups excluding carboxylic acids is 1. The number of allylic oxidation sites excluding steroid dienone is 7. The Morgan fingerprint density at radius 2 is 1.43 bits per heavy atom. The number of carbonyl (C=O) groups is 1. The van der Waals surface area contributed by atoms with Crippen molar-refractivity contribution < 1.29 is 14.6 Å². The van der Waals surface area contributed by atoms with Crippen LogP contribution in [-0.4, -0.2) is 17.7 Å². The van der Waals surface area contributed by atoms with E-state index >= 15 is 0 Å². The van der Waals surface area contributed by atoms with Gasteiger partial charge < -0.3 is 9.84 Å². The van der Waals surface area contributed by atoms with Crippen molar-refractivity contribution in [3.8, 4) is 0 Å². The Morgan fingerprint density at radius 1 is 0.826 bits per heavy atom. The molecule has 0 aliphatic heterocycles. The Balaban J connectivity index is 3.26. The van der Waals surface area contributed by atoms with Crippen LogP contribution in [0.2, 0.25) is 0 Å². The molecular weight excluding hydrogens is 288 g/mol. The van der Waals surface area contributed by atoms with Crippen LogP contribution in [-0.2, 0) is 9.53 Å². The second-order valence-corrected chi connectivity index (χ2v) is 5.43. The van der Waals surface area contributed by atoms with Crippen molar-refractivity contribution >= 4 is 5.97 Å². The van der Waals surface area contributed by atoms with Gasteiger partial charge in [0.1, 0.15) is 0 Å². The Bertz CT molecular complexity index is 378. The van der Waals surface area contributed by atoms with E-state index in [2.05, 4.69) is 18.2 Å². The fraction of sp³-hybridized carbons (Fsp3) is 0.550. The Morgan fingerprint density at radius 3 is 2.09 bits per heavy atom. The minimum absolute atomic E-state index is 0.179. The Labute approximate surface area is 141 Å². The van der Waals surface area contributed by atoms with E-state index in [0.29, 0.717) is 6.61 Å². The highest BCUT2D eigenvalue weighted by atomic mass is 16.5. The van der Waals surface area contributed by atoms with Gasteiger partial charge in [-0.05, 0) is 38.2 Å². The Hall–Kier alpha value is -1.77. The zero-order valence-electron chi connectivity index (χ0n) is 14.5. The van der Waals surface area contributed by atoms with Gasteiger partial charge in [0.05, 0.1) is 12.9 Å². The fourth-order valence-corrected chi connectivity index (χ4v) is 2.03. The molecule has 0 heterocycles. The van der Waals surface area contributed by atoms with Crippen molar-refractivity contribution in [3.63, 3.8) is 0 Å². The van der Waals surface area contributed by atoms with Crippen molar-refractivity contribution in [1.29, 1.82) is 0 Å². The lowest BCUT2D eigenvalue weighted by Crippen LogP contribution is -1.99. The van der Waals surface area contributed by atoms with Gasteiger partial charge in [-0.3, -0.25) is 4.79 Å². The lowest BCUT2D eigenvalue weighted by Gasteiger charge is -2.01. The second-order valence-electron chi connectivity index (χ2n) is 5.43. The van der Waals surface area contributed by atoms with Gasteiger partial charge in [-0.25, -0.2) is 0 Å². The summed E-state index contributed by atoms with van der Waals surface area (Å²) in [5, 5.41) is 8.45. The lowest BCUT2D eigenvalue weighted by molar-refractivity contribution is -0.141. The van der Waals surface area contributed by atoms with E-state index in [1.807, 2.05) is 18.2 Å². The molecule has 0 spiro atoms. The van der Waals surface area contributed by atoms with E-state index in [9.17, 15) is 4.79 Å². The van der Waals surface area contributed by atoms with Crippen LogP contribution in [0.5, 0.6) is 0 Å². The van der Waals surface area contributed by atoms with E-state index in [1.165, 1.54) is 32.6 Å². The van der Waals surface area contributed by atoms with E-state index in [0.717, 1.165) is 38.4 Å². The summed E-state index contributed by atoms with van der Waals surface area (Å²) in [4.78, 5) is 10.6. The third-order valence-corrected chi connectivity index (χ3v) is 3.27. The number of unbranched alkanes of at least 4 members (excludes halogenated alkanes) is 6. The molecule has 0 radical (unpaired) electrons. The molecule has 0 bridgehead atoms. The molecule has 0 fully saturated rings. The summed E-state index contributed by atoms with van der Waals surface area (Å²) in [6, 6.07) is 0. The quantitative estimate of drug-likeness (QED) is 0.145. The smallest absolute Gasteiger partial charge is 0.302 e. The molecule has 0 aromatic carbocycles. The standard InChI is InChI=1S/C20H32O3/c1-20(22)23-19-17-15-13-11-9-7-5-3-2-4-6-8-10-12-14-16-18-21/h2-3,6,8,10,12,16,18,21H,4-5,7,9,11,13-15,17,19H2,1H3. The third kappa shape index (κ3) is 20.2. The first kappa shape index (κ1) is 21.2. The summed E-state index contributed by atoms with van der Waals surface area (Å²) in [5.41, 5.74) is 0. The average molecular weight is 320 g/mol. The molecule has 0 saturated carbocycles. The molecule has 0 amide bonds. The molecule has 23 heavy (non-hydrogen) atoms. The highest BCUT2D eigenvalue weighted by Gasteiger charge is 1.93. The highest BCUT2D eigenvalue weighted by Crippen LogP contribution is 2.08. The van der Waals surface area contributed by atoms with Gasteiger partial charge in [0.2, 0.25) is 0 Å². The molecule has 0 aromatic rings. The van der Waals surface area contributed by atoms with Gasteiger partial charge in [-0.2, -0.15) is 0 Å². The molecule has 0 unspecified atom stereocenters. The normalized spacial score (nSPS) is 12.2. The number of aliphatic hydroxyl groups is 1. The predicted octanol–water partition coefficient (Wildman–Crippen LogP) is 5.80. The molecule has 0 aromatic heterocycles. The summed E-state index contributed by atoms with van der Waals surface area (Å²) in [7, 11) is 0. The lowest BCUT2D eigenvalue weighted by atomic mass is 10.1. The number of hydrogen-bond donors (Lipinski definition) is 1. The maximum atomic E-state index is 10.6. The first-order valence-electron chi connectivity index (χ1n) is 8.66. The van der Waals surface area contributed by atoms with Gasteiger partial charge in [0, 0.05) is 6.92 Å². The summed E-state index contributed by atoms with van der Waals surface area (Å²) >= 11 is 0. The van der Waals surface area contributed by atoms with Crippen LogP contribution in [0, 0.1) is 0 Å². The summed E-state index contributed by atoms with van der Waals surface area (Å²) in [6.45, 7) is 2.02. The SMILES string of the molecule is CC(=O)OCCCCCCCCC=CCC=CC=CCC=CO. The van der Waals surface area contributed by atoms with Crippen molar-refractivity contribution in [2.45, 2.75) is 64.7 Å². The molecule has 0 atom stereocenters. The molecule has 0 rings (SSSR count). The topological polar surface area (TPSA) is 46.5 Å². The summed E-state index contributed by atoms with van der Waals surface area (Å²) in [5.74, 6) is -0.179. The van der Waals surface area contributed by atoms with Gasteiger partial charge in [-0.1, -0.05) is 62.1 Å². The molecule has 0 aliphatic rings. The van der Waals surface area contributed by atoms with Gasteiger partial charge in [-0.15, -0.1) is 0 Å². The Kier molecular flexibility index (Phi) is 16.9. The average Bonchev–Trinajstić information content (AvgIpc) is 2.53. The van der Waals surface area contributed by atoms with Crippen molar-refractivity contribution in [3.05, 3.63) is 48.8 Å². The summed E-state index contributed by atoms with van der Waals surface area (Å²) in [6.07, 6.45) is 25.4. The molecular formula is C20H32O3. The van der Waals surface area contributed by atoms with Crippen LogP contribution in [0.1, 0.15) is 64.7 Å². The molecule has 3 heteroatoms. The zero-order chi connectivity index (χ0) is 17.0. The molecule has 130 valence electrons. The van der Waals surface area contributed by atoms with Crippen LogP contribution in [0.25, 0.3) is 0 Å². The van der Waals surface area contributed by atoms with Gasteiger partial charge in [0.25, 0.3) is 0 Å². The van der Waals surface area contributed by atoms with Gasteiger partial charge >= 0.3 is 5.97 Å². The highest BCUT2D eigenvalue weighted by molar-refractivity contribution is 5.65. The third-order valence-electron chi connectivity index (χ3n) is 3.27. The first-order chi connectivity index (χ1) is 11.3. The van der Waals surface area contributed by atoms with Crippen LogP contribution in [0.3, 0.4) is 0 Å². The molecule has 0 saturated heterocycles. The summed E-state index contributed by atoms with van der Waals surface area (Å²) < 4.78 is 4.90. The van der Waals surface area contributed by atoms with E-state index in [4.69, 9.17) is 9.84 Å². The second kappa shape index (κ2) is 18.3. The molecule has 0 aliphatic carbocycles. The number of aliphatic hydroxyl groups excluding tert-OH is 1. The van der Waals surface area contributed by atoms with Crippen molar-refractivity contribution in [1.82, 2.24) is 0 Å². The minimum Gasteiger partial charge on any atom is -0.516 e. The monoisotopic (exact) mass is 320 g/mol. The van der Waals surface area contributed by atoms with Crippen LogP contribution < -0.4 is 0 Å². The fourth-order valence-electron chi connectivity index (χ4n) is 2.03. The van der Waals surface area contributed by atoms with Gasteiger partial charge in [0.15, 0.2) is 0 Å². The molecule has 3 nitrogen and oxygen atoms in total. The van der Waals surface area contributed by atoms with E-state index < -0.39 is 0 Å². The maximum absolute atomic E-state index is 10.6. The van der Waals surface area contributed by atoms with Crippen molar-refractivity contribution in [2.24, 2.45) is 0 Å². The van der Waals surface area contributed by atoms with Crippen LogP contribution in [0.15, 0.2) is 48.8 Å². The first-order valence-corrected chi connectivity index (χ1v) is 8.66. The van der Waals surface area contributed by atoms with E-state index in [1.54, 1.807) is 6.08 Å². The predicted molar refractivity (Wildman–Crippen MR) is 97.4 cm³/mol. The van der Waals surface area contributed by atoms with Crippen molar-refractivity contribution in [2.75, 3.05) is 6.61 Å². The van der Waals surface area contributed by atoms with Crippen LogP contribution >= 0.6 is 0 Å². The largest absolute Gasteiger partial charge is 0.516 e. The van der Waals surface area contributed by atoms with Crippen LogP contribution in [0.4, 0.5) is 0 Å². The maximum Gasteiger partial charge on any atom is 0.302 e. The zero-order valence-corrected chi connectivity index (χ0v) is 14.5. The number of esters is 1. The number of ether oxygens (including phenoxy) is 1. The number of hydrogen-bond acceptors (Lipinski definition) is 3.